The van der Waals surface area contributed by atoms with Gasteiger partial charge in [0.1, 0.15) is 12.4 Å². The minimum atomic E-state index is -1.30. The van der Waals surface area contributed by atoms with E-state index >= 15 is 0 Å². The van der Waals surface area contributed by atoms with Crippen LogP contribution in [0, 0.1) is 17.2 Å². The SMILES string of the molecule is CNC(=O)C(C#N)C(=O)C1COc2ccc(Br)cc21. The summed E-state index contributed by atoms with van der Waals surface area (Å²) in [5, 5.41) is 11.3. The Morgan fingerprint density at radius 2 is 2.32 bits per heavy atom. The van der Waals surface area contributed by atoms with Gasteiger partial charge in [-0.3, -0.25) is 9.59 Å². The highest BCUT2D eigenvalue weighted by molar-refractivity contribution is 9.10. The van der Waals surface area contributed by atoms with Crippen LogP contribution >= 0.6 is 15.9 Å². The number of carbonyl (C=O) groups excluding carboxylic acids is 2. The van der Waals surface area contributed by atoms with Crippen LogP contribution in [0.2, 0.25) is 0 Å². The normalized spacial score (nSPS) is 17.8. The second-order valence-electron chi connectivity index (χ2n) is 4.12. The van der Waals surface area contributed by atoms with Gasteiger partial charge < -0.3 is 10.1 Å². The highest BCUT2D eigenvalue weighted by Gasteiger charge is 2.37. The molecule has 98 valence electrons. The molecule has 6 heteroatoms. The Balaban J connectivity index is 2.31. The van der Waals surface area contributed by atoms with E-state index in [9.17, 15) is 9.59 Å². The lowest BCUT2D eigenvalue weighted by molar-refractivity contribution is -0.132. The van der Waals surface area contributed by atoms with Gasteiger partial charge in [-0.25, -0.2) is 0 Å². The molecule has 0 bridgehead atoms. The van der Waals surface area contributed by atoms with E-state index < -0.39 is 23.5 Å². The average molecular weight is 323 g/mol. The van der Waals surface area contributed by atoms with Crippen molar-refractivity contribution in [1.82, 2.24) is 5.32 Å². The monoisotopic (exact) mass is 322 g/mol. The standard InChI is InChI=1S/C13H11BrN2O3/c1-16-13(18)9(5-15)12(17)10-6-19-11-3-2-7(14)4-8(10)11/h2-4,9-10H,6H2,1H3,(H,16,18). The van der Waals surface area contributed by atoms with Crippen molar-refractivity contribution in [3.8, 4) is 11.8 Å². The third-order valence-electron chi connectivity index (χ3n) is 3.02. The van der Waals surface area contributed by atoms with E-state index in [1.807, 2.05) is 6.07 Å². The number of fused-ring (bicyclic) bond motifs is 1. The molecule has 0 fully saturated rings. The molecule has 0 aliphatic carbocycles. The first kappa shape index (κ1) is 13.6. The molecule has 0 saturated heterocycles. The van der Waals surface area contributed by atoms with Crippen molar-refractivity contribution in [2.45, 2.75) is 5.92 Å². The highest BCUT2D eigenvalue weighted by Crippen LogP contribution is 2.37. The van der Waals surface area contributed by atoms with E-state index in [0.29, 0.717) is 11.3 Å². The Morgan fingerprint density at radius 3 is 2.95 bits per heavy atom. The largest absolute Gasteiger partial charge is 0.492 e. The first-order chi connectivity index (χ1) is 9.08. The second kappa shape index (κ2) is 5.41. The van der Waals surface area contributed by atoms with Gasteiger partial charge in [-0.1, -0.05) is 15.9 Å². The van der Waals surface area contributed by atoms with E-state index in [1.165, 1.54) is 7.05 Å². The lowest BCUT2D eigenvalue weighted by Crippen LogP contribution is -2.35. The maximum atomic E-state index is 12.3. The van der Waals surface area contributed by atoms with Crippen LogP contribution in [-0.2, 0) is 9.59 Å². The molecule has 0 saturated carbocycles. The van der Waals surface area contributed by atoms with Crippen LogP contribution < -0.4 is 10.1 Å². The van der Waals surface area contributed by atoms with Crippen LogP contribution in [0.25, 0.3) is 0 Å². The van der Waals surface area contributed by atoms with Gasteiger partial charge in [-0.15, -0.1) is 0 Å². The lowest BCUT2D eigenvalue weighted by atomic mass is 9.89. The molecule has 0 aromatic heterocycles. The Kier molecular flexibility index (Phi) is 3.86. The predicted octanol–water partition coefficient (Wildman–Crippen LogP) is 1.38. The lowest BCUT2D eigenvalue weighted by Gasteiger charge is -2.11. The van der Waals surface area contributed by atoms with Crippen LogP contribution in [0.5, 0.6) is 5.75 Å². The molecule has 1 amide bonds. The zero-order chi connectivity index (χ0) is 14.0. The molecule has 1 N–H and O–H groups in total. The summed E-state index contributed by atoms with van der Waals surface area (Å²) < 4.78 is 6.23. The van der Waals surface area contributed by atoms with E-state index in [0.717, 1.165) is 4.47 Å². The maximum absolute atomic E-state index is 12.3. The van der Waals surface area contributed by atoms with Crippen LogP contribution in [0.4, 0.5) is 0 Å². The summed E-state index contributed by atoms with van der Waals surface area (Å²) in [5.74, 6) is -2.28. The van der Waals surface area contributed by atoms with E-state index in [-0.39, 0.29) is 6.61 Å². The van der Waals surface area contributed by atoms with Crippen molar-refractivity contribution in [2.75, 3.05) is 13.7 Å². The number of hydrogen-bond acceptors (Lipinski definition) is 4. The molecular formula is C13H11BrN2O3. The molecule has 2 rings (SSSR count). The van der Waals surface area contributed by atoms with Gasteiger partial charge in [0.05, 0.1) is 12.0 Å². The Hall–Kier alpha value is -1.87. The van der Waals surface area contributed by atoms with Gasteiger partial charge >= 0.3 is 0 Å². The summed E-state index contributed by atoms with van der Waals surface area (Å²) in [4.78, 5) is 23.8. The number of hydrogen-bond donors (Lipinski definition) is 1. The molecule has 5 nitrogen and oxygen atoms in total. The molecule has 1 aliphatic heterocycles. The molecule has 1 aromatic carbocycles. The molecule has 1 aromatic rings. The highest BCUT2D eigenvalue weighted by atomic mass is 79.9. The van der Waals surface area contributed by atoms with Crippen LogP contribution in [0.3, 0.4) is 0 Å². The summed E-state index contributed by atoms with van der Waals surface area (Å²) in [7, 11) is 1.40. The first-order valence-electron chi connectivity index (χ1n) is 5.65. The first-order valence-corrected chi connectivity index (χ1v) is 6.45. The van der Waals surface area contributed by atoms with Crippen molar-refractivity contribution < 1.29 is 14.3 Å². The minimum absolute atomic E-state index is 0.166. The van der Waals surface area contributed by atoms with Crippen LogP contribution in [-0.4, -0.2) is 25.3 Å². The summed E-state index contributed by atoms with van der Waals surface area (Å²) >= 11 is 3.33. The predicted molar refractivity (Wildman–Crippen MR) is 70.6 cm³/mol. The minimum Gasteiger partial charge on any atom is -0.492 e. The molecule has 2 unspecified atom stereocenters. The van der Waals surface area contributed by atoms with Crippen LogP contribution in [0.1, 0.15) is 11.5 Å². The van der Waals surface area contributed by atoms with Gasteiger partial charge in [0.25, 0.3) is 0 Å². The maximum Gasteiger partial charge on any atom is 0.244 e. The Morgan fingerprint density at radius 1 is 1.58 bits per heavy atom. The summed E-state index contributed by atoms with van der Waals surface area (Å²) in [6.45, 7) is 0.166. The zero-order valence-corrected chi connectivity index (χ0v) is 11.7. The molecule has 1 heterocycles. The molecule has 19 heavy (non-hydrogen) atoms. The van der Waals surface area contributed by atoms with Crippen molar-refractivity contribution in [1.29, 1.82) is 5.26 Å². The van der Waals surface area contributed by atoms with Gasteiger partial charge in [-0.05, 0) is 18.2 Å². The number of ether oxygens (including phenoxy) is 1. The Bertz CT molecular complexity index is 580. The number of ketones is 1. The van der Waals surface area contributed by atoms with Crippen molar-refractivity contribution in [2.24, 2.45) is 5.92 Å². The second-order valence-corrected chi connectivity index (χ2v) is 5.04. The van der Waals surface area contributed by atoms with Crippen LogP contribution in [0.15, 0.2) is 22.7 Å². The van der Waals surface area contributed by atoms with Crippen molar-refractivity contribution in [3.63, 3.8) is 0 Å². The fourth-order valence-electron chi connectivity index (χ4n) is 2.02. The van der Waals surface area contributed by atoms with Gasteiger partial charge in [0.15, 0.2) is 11.7 Å². The third-order valence-corrected chi connectivity index (χ3v) is 3.51. The number of Topliss-reactive ketones (excluding diaryl/α,β-unsaturated/α-hetero) is 1. The average Bonchev–Trinajstić information content (AvgIpc) is 2.81. The number of nitrogens with zero attached hydrogens (tertiary/aromatic N) is 1. The molecule has 0 spiro atoms. The molecule has 0 radical (unpaired) electrons. The fourth-order valence-corrected chi connectivity index (χ4v) is 2.40. The number of nitriles is 1. The molecular weight excluding hydrogens is 312 g/mol. The number of rotatable bonds is 3. The summed E-state index contributed by atoms with van der Waals surface area (Å²) in [6, 6.07) is 7.10. The fraction of sp³-hybridized carbons (Fsp3) is 0.308. The molecule has 2 atom stereocenters. The van der Waals surface area contributed by atoms with E-state index in [4.69, 9.17) is 10.00 Å². The smallest absolute Gasteiger partial charge is 0.244 e. The van der Waals surface area contributed by atoms with Gasteiger partial charge in [-0.2, -0.15) is 5.26 Å². The van der Waals surface area contributed by atoms with Gasteiger partial charge in [0, 0.05) is 17.1 Å². The zero-order valence-electron chi connectivity index (χ0n) is 10.1. The third kappa shape index (κ3) is 2.47. The topological polar surface area (TPSA) is 79.2 Å². The van der Waals surface area contributed by atoms with Crippen molar-refractivity contribution >= 4 is 27.6 Å². The Labute approximate surface area is 118 Å². The van der Waals surface area contributed by atoms with Crippen molar-refractivity contribution in [3.05, 3.63) is 28.2 Å². The number of nitrogens with one attached hydrogen (secondary N) is 1. The summed E-state index contributed by atoms with van der Waals surface area (Å²) in [5.41, 5.74) is 0.712. The summed E-state index contributed by atoms with van der Waals surface area (Å²) in [6.07, 6.45) is 0. The molecule has 1 aliphatic rings. The number of amides is 1. The number of halogens is 1. The van der Waals surface area contributed by atoms with E-state index in [2.05, 4.69) is 21.2 Å². The number of carbonyl (C=O) groups is 2. The number of benzene rings is 1. The van der Waals surface area contributed by atoms with E-state index in [1.54, 1.807) is 18.2 Å². The quantitative estimate of drug-likeness (QED) is 0.853. The van der Waals surface area contributed by atoms with Gasteiger partial charge in [0.2, 0.25) is 5.91 Å².